The fraction of sp³-hybridized carbons (Fsp3) is 0.345. The van der Waals surface area contributed by atoms with Gasteiger partial charge in [-0.25, -0.2) is 4.39 Å². The standard InChI is InChI=1S/C29H32FNO2/c1-3-28(31-15-13-21(19-32)14-16-31)27(30)17-20(2)29-25(22-7-5-4-6-8-22)11-9-23-18-24(33)10-12-26(23)29/h3-8,10,12,17-19,21,25,29,33H,2,9,11,13-16H2,1H3/b27-17+,28-3+/t25-,29+/m1/s1. The highest BCUT2D eigenvalue weighted by Gasteiger charge is 2.32. The normalized spacial score (nSPS) is 22.1. The molecule has 2 aliphatic rings. The number of rotatable bonds is 6. The molecule has 4 rings (SSSR count). The third-order valence-electron chi connectivity index (χ3n) is 7.12. The third kappa shape index (κ3) is 4.95. The van der Waals surface area contributed by atoms with Crippen LogP contribution in [0, 0.1) is 5.92 Å². The number of phenols is 1. The fourth-order valence-corrected chi connectivity index (χ4v) is 5.40. The van der Waals surface area contributed by atoms with Gasteiger partial charge in [0, 0.05) is 24.9 Å². The van der Waals surface area contributed by atoms with E-state index in [1.54, 1.807) is 12.1 Å². The van der Waals surface area contributed by atoms with Crippen molar-refractivity contribution in [1.82, 2.24) is 4.90 Å². The Kier molecular flexibility index (Phi) is 7.12. The number of phenolic OH excluding ortho intramolecular Hbond substituents is 1. The van der Waals surface area contributed by atoms with Crippen molar-refractivity contribution in [2.24, 2.45) is 5.92 Å². The lowest BCUT2D eigenvalue weighted by molar-refractivity contribution is -0.112. The molecule has 1 aliphatic carbocycles. The SMILES string of the molecule is C=C(/C=C(F)\C(=C/C)N1CCC(C=O)CC1)[C@@H]1c2ccc(O)cc2CC[C@@H]1c1ccccc1. The van der Waals surface area contributed by atoms with Gasteiger partial charge >= 0.3 is 0 Å². The van der Waals surface area contributed by atoms with Crippen LogP contribution in [0.2, 0.25) is 0 Å². The van der Waals surface area contributed by atoms with Crippen LogP contribution >= 0.6 is 0 Å². The van der Waals surface area contributed by atoms with Crippen LogP contribution < -0.4 is 0 Å². The van der Waals surface area contributed by atoms with Gasteiger partial charge < -0.3 is 14.8 Å². The summed E-state index contributed by atoms with van der Waals surface area (Å²) in [5, 5.41) is 10.00. The smallest absolute Gasteiger partial charge is 0.146 e. The molecule has 4 heteroatoms. The van der Waals surface area contributed by atoms with Gasteiger partial charge in [0.05, 0.1) is 5.70 Å². The van der Waals surface area contributed by atoms with E-state index in [2.05, 4.69) is 18.7 Å². The van der Waals surface area contributed by atoms with Crippen molar-refractivity contribution in [3.8, 4) is 5.75 Å². The van der Waals surface area contributed by atoms with Gasteiger partial charge in [-0.2, -0.15) is 0 Å². The maximum Gasteiger partial charge on any atom is 0.146 e. The molecule has 1 fully saturated rings. The lowest BCUT2D eigenvalue weighted by atomic mass is 9.69. The largest absolute Gasteiger partial charge is 0.508 e. The molecule has 0 saturated carbocycles. The Morgan fingerprint density at radius 1 is 1.12 bits per heavy atom. The van der Waals surface area contributed by atoms with E-state index in [4.69, 9.17) is 0 Å². The van der Waals surface area contributed by atoms with E-state index in [0.717, 1.165) is 48.7 Å². The van der Waals surface area contributed by atoms with Crippen LogP contribution in [-0.4, -0.2) is 29.4 Å². The van der Waals surface area contributed by atoms with Crippen molar-refractivity contribution in [3.63, 3.8) is 0 Å². The number of carbonyl (C=O) groups excluding carboxylic acids is 1. The van der Waals surface area contributed by atoms with Crippen molar-refractivity contribution in [1.29, 1.82) is 0 Å². The predicted octanol–water partition coefficient (Wildman–Crippen LogP) is 6.43. The topological polar surface area (TPSA) is 40.5 Å². The van der Waals surface area contributed by atoms with Gasteiger partial charge in [-0.1, -0.05) is 49.1 Å². The summed E-state index contributed by atoms with van der Waals surface area (Å²) >= 11 is 0. The molecule has 0 unspecified atom stereocenters. The number of aldehydes is 1. The molecule has 1 heterocycles. The van der Waals surface area contributed by atoms with Gasteiger partial charge in [0.15, 0.2) is 0 Å². The Bertz CT molecular complexity index is 1060. The third-order valence-corrected chi connectivity index (χ3v) is 7.12. The fourth-order valence-electron chi connectivity index (χ4n) is 5.40. The minimum Gasteiger partial charge on any atom is -0.508 e. The van der Waals surface area contributed by atoms with Crippen molar-refractivity contribution in [2.45, 2.75) is 44.4 Å². The van der Waals surface area contributed by atoms with Crippen LogP contribution in [-0.2, 0) is 11.2 Å². The highest BCUT2D eigenvalue weighted by atomic mass is 19.1. The van der Waals surface area contributed by atoms with Crippen LogP contribution in [0.5, 0.6) is 5.75 Å². The van der Waals surface area contributed by atoms with E-state index in [0.29, 0.717) is 18.8 Å². The van der Waals surface area contributed by atoms with E-state index in [-0.39, 0.29) is 29.3 Å². The summed E-state index contributed by atoms with van der Waals surface area (Å²) < 4.78 is 15.6. The molecule has 0 spiro atoms. The van der Waals surface area contributed by atoms with Crippen molar-refractivity contribution in [3.05, 3.63) is 101 Å². The zero-order chi connectivity index (χ0) is 23.4. The van der Waals surface area contributed by atoms with Crippen molar-refractivity contribution < 1.29 is 14.3 Å². The summed E-state index contributed by atoms with van der Waals surface area (Å²) in [4.78, 5) is 13.1. The lowest BCUT2D eigenvalue weighted by Crippen LogP contribution is -2.33. The van der Waals surface area contributed by atoms with Gasteiger partial charge in [0.2, 0.25) is 0 Å². The Morgan fingerprint density at radius 3 is 2.52 bits per heavy atom. The Labute approximate surface area is 195 Å². The Balaban J connectivity index is 1.65. The molecule has 33 heavy (non-hydrogen) atoms. The molecule has 2 atom stereocenters. The number of likely N-dealkylation sites (tertiary alicyclic amines) is 1. The second kappa shape index (κ2) is 10.2. The number of nitrogens with zero attached hydrogens (tertiary/aromatic N) is 1. The average molecular weight is 446 g/mol. The van der Waals surface area contributed by atoms with E-state index in [1.165, 1.54) is 5.56 Å². The molecular weight excluding hydrogens is 413 g/mol. The number of aromatic hydroxyl groups is 1. The van der Waals surface area contributed by atoms with Crippen LogP contribution in [0.25, 0.3) is 0 Å². The van der Waals surface area contributed by atoms with Gasteiger partial charge in [-0.3, -0.25) is 0 Å². The zero-order valence-corrected chi connectivity index (χ0v) is 19.2. The number of halogens is 1. The Hall–Kier alpha value is -3.14. The highest BCUT2D eigenvalue weighted by Crippen LogP contribution is 2.47. The van der Waals surface area contributed by atoms with E-state index >= 15 is 4.39 Å². The number of piperidine rings is 1. The van der Waals surface area contributed by atoms with Gasteiger partial charge in [0.1, 0.15) is 17.9 Å². The van der Waals surface area contributed by atoms with E-state index in [1.807, 2.05) is 48.2 Å². The molecule has 172 valence electrons. The van der Waals surface area contributed by atoms with Crippen molar-refractivity contribution >= 4 is 6.29 Å². The van der Waals surface area contributed by atoms with Crippen LogP contribution in [0.1, 0.15) is 54.7 Å². The summed E-state index contributed by atoms with van der Waals surface area (Å²) in [6.07, 6.45) is 7.70. The first-order valence-electron chi connectivity index (χ1n) is 11.8. The molecule has 1 saturated heterocycles. The number of hydrogen-bond donors (Lipinski definition) is 1. The second-order valence-electron chi connectivity index (χ2n) is 9.12. The molecule has 2 aromatic rings. The number of hydrogen-bond acceptors (Lipinski definition) is 3. The van der Waals surface area contributed by atoms with Gasteiger partial charge in [0.25, 0.3) is 0 Å². The molecule has 1 N–H and O–H groups in total. The van der Waals surface area contributed by atoms with E-state index < -0.39 is 0 Å². The molecule has 2 aromatic carbocycles. The first kappa shape index (κ1) is 23.0. The molecular formula is C29H32FNO2. The highest BCUT2D eigenvalue weighted by molar-refractivity contribution is 5.54. The molecule has 0 bridgehead atoms. The maximum atomic E-state index is 15.6. The summed E-state index contributed by atoms with van der Waals surface area (Å²) in [5.41, 5.74) is 4.73. The van der Waals surface area contributed by atoms with Crippen LogP contribution in [0.15, 0.2) is 84.4 Å². The predicted molar refractivity (Wildman–Crippen MR) is 131 cm³/mol. The lowest BCUT2D eigenvalue weighted by Gasteiger charge is -2.35. The zero-order valence-electron chi connectivity index (χ0n) is 19.2. The molecule has 0 aromatic heterocycles. The number of carbonyl (C=O) groups is 1. The quantitative estimate of drug-likeness (QED) is 0.411. The maximum absolute atomic E-state index is 15.6. The average Bonchev–Trinajstić information content (AvgIpc) is 2.84. The summed E-state index contributed by atoms with van der Waals surface area (Å²) in [7, 11) is 0. The minimum atomic E-state index is -0.287. The summed E-state index contributed by atoms with van der Waals surface area (Å²) in [6, 6.07) is 15.8. The second-order valence-corrected chi connectivity index (χ2v) is 9.12. The molecule has 0 radical (unpaired) electrons. The first-order valence-corrected chi connectivity index (χ1v) is 11.8. The first-order chi connectivity index (χ1) is 16.0. The number of aryl methyl sites for hydroxylation is 1. The number of benzene rings is 2. The number of allylic oxidation sites excluding steroid dienone is 4. The number of fused-ring (bicyclic) bond motifs is 1. The molecule has 3 nitrogen and oxygen atoms in total. The van der Waals surface area contributed by atoms with Crippen molar-refractivity contribution in [2.75, 3.05) is 13.1 Å². The molecule has 0 amide bonds. The monoisotopic (exact) mass is 445 g/mol. The summed E-state index contributed by atoms with van der Waals surface area (Å²) in [5.74, 6) is 0.166. The molecule has 1 aliphatic heterocycles. The van der Waals surface area contributed by atoms with Crippen LogP contribution in [0.3, 0.4) is 0 Å². The minimum absolute atomic E-state index is 0.0681. The van der Waals surface area contributed by atoms with Gasteiger partial charge in [-0.05, 0) is 79.0 Å². The van der Waals surface area contributed by atoms with Gasteiger partial charge in [-0.15, -0.1) is 0 Å². The van der Waals surface area contributed by atoms with Crippen LogP contribution in [0.4, 0.5) is 4.39 Å². The summed E-state index contributed by atoms with van der Waals surface area (Å²) in [6.45, 7) is 7.53. The Morgan fingerprint density at radius 2 is 1.85 bits per heavy atom. The van der Waals surface area contributed by atoms with E-state index in [9.17, 15) is 9.90 Å².